The Hall–Kier alpha value is -3.28. The summed E-state index contributed by atoms with van der Waals surface area (Å²) in [7, 11) is 0. The quantitative estimate of drug-likeness (QED) is 0.519. The Morgan fingerprint density at radius 3 is 2.66 bits per heavy atom. The maximum atomic E-state index is 11.6. The predicted molar refractivity (Wildman–Crippen MR) is 117 cm³/mol. The van der Waals surface area contributed by atoms with Crippen molar-refractivity contribution in [3.8, 4) is 11.1 Å². The molecule has 1 fully saturated rings. The molecular formula is C23H27N5O. The van der Waals surface area contributed by atoms with Gasteiger partial charge in [-0.3, -0.25) is 9.89 Å². The molecule has 0 bridgehead atoms. The first-order valence-electron chi connectivity index (χ1n) is 10.2. The summed E-state index contributed by atoms with van der Waals surface area (Å²) < 4.78 is 0. The highest BCUT2D eigenvalue weighted by atomic mass is 16.1. The van der Waals surface area contributed by atoms with Crippen LogP contribution in [-0.2, 0) is 4.79 Å². The zero-order valence-electron chi connectivity index (χ0n) is 16.6. The van der Waals surface area contributed by atoms with Crippen molar-refractivity contribution in [2.24, 2.45) is 5.73 Å². The van der Waals surface area contributed by atoms with E-state index in [0.29, 0.717) is 12.5 Å². The first-order valence-corrected chi connectivity index (χ1v) is 10.2. The van der Waals surface area contributed by atoms with Gasteiger partial charge in [-0.05, 0) is 42.0 Å². The van der Waals surface area contributed by atoms with Crippen molar-refractivity contribution in [1.82, 2.24) is 20.8 Å². The van der Waals surface area contributed by atoms with Gasteiger partial charge in [0, 0.05) is 30.1 Å². The predicted octanol–water partition coefficient (Wildman–Crippen LogP) is 3.52. The van der Waals surface area contributed by atoms with Crippen LogP contribution in [0.25, 0.3) is 27.7 Å². The lowest BCUT2D eigenvalue weighted by molar-refractivity contribution is -0.121. The number of hydrogen-bond acceptors (Lipinski definition) is 4. The number of carbonyl (C=O) groups is 1. The Kier molecular flexibility index (Phi) is 5.51. The van der Waals surface area contributed by atoms with Crippen molar-refractivity contribution < 1.29 is 4.79 Å². The summed E-state index contributed by atoms with van der Waals surface area (Å²) in [5.74, 6) is 0.119. The van der Waals surface area contributed by atoms with Gasteiger partial charge in [-0.25, -0.2) is 0 Å². The van der Waals surface area contributed by atoms with E-state index >= 15 is 0 Å². The molecule has 6 nitrogen and oxygen atoms in total. The van der Waals surface area contributed by atoms with Gasteiger partial charge in [-0.1, -0.05) is 43.3 Å². The van der Waals surface area contributed by atoms with Crippen LogP contribution < -0.4 is 16.4 Å². The Morgan fingerprint density at radius 1 is 1.17 bits per heavy atom. The molecule has 2 aromatic carbocycles. The highest BCUT2D eigenvalue weighted by Gasteiger charge is 2.26. The molecule has 2 atom stereocenters. The third-order valence-electron chi connectivity index (χ3n) is 5.64. The van der Waals surface area contributed by atoms with E-state index in [0.717, 1.165) is 52.6 Å². The number of aromatic nitrogens is 2. The number of aromatic amines is 1. The van der Waals surface area contributed by atoms with E-state index < -0.39 is 0 Å². The smallest absolute Gasteiger partial charge is 0.219 e. The SMILES string of the molecule is CCC(=O)NC1CC[C@@H](N/C(=C\N)c2ccc(-c3cccc4[nH]ncc34)cc2)C1. The van der Waals surface area contributed by atoms with E-state index in [9.17, 15) is 4.79 Å². The minimum atomic E-state index is 0.119. The minimum absolute atomic E-state index is 0.119. The van der Waals surface area contributed by atoms with E-state index in [-0.39, 0.29) is 11.9 Å². The summed E-state index contributed by atoms with van der Waals surface area (Å²) in [6.45, 7) is 1.88. The third-order valence-corrected chi connectivity index (χ3v) is 5.64. The highest BCUT2D eigenvalue weighted by Crippen LogP contribution is 2.29. The lowest BCUT2D eigenvalue weighted by Gasteiger charge is -2.18. The van der Waals surface area contributed by atoms with Crippen LogP contribution in [0.3, 0.4) is 0 Å². The Labute approximate surface area is 170 Å². The lowest BCUT2D eigenvalue weighted by atomic mass is 10.00. The van der Waals surface area contributed by atoms with Gasteiger partial charge in [0.1, 0.15) is 0 Å². The van der Waals surface area contributed by atoms with E-state index in [1.807, 2.05) is 25.3 Å². The normalized spacial score (nSPS) is 19.4. The zero-order valence-corrected chi connectivity index (χ0v) is 16.6. The van der Waals surface area contributed by atoms with E-state index in [1.165, 1.54) is 0 Å². The van der Waals surface area contributed by atoms with Crippen LogP contribution in [0.1, 0.15) is 38.2 Å². The molecule has 4 rings (SSSR count). The number of amides is 1. The van der Waals surface area contributed by atoms with Crippen LogP contribution >= 0.6 is 0 Å². The first kappa shape index (κ1) is 19.1. The molecule has 3 aromatic rings. The Morgan fingerprint density at radius 2 is 1.93 bits per heavy atom. The van der Waals surface area contributed by atoms with Crippen molar-refractivity contribution in [1.29, 1.82) is 0 Å². The van der Waals surface area contributed by atoms with E-state index in [2.05, 4.69) is 51.2 Å². The molecule has 1 saturated carbocycles. The molecule has 150 valence electrons. The second kappa shape index (κ2) is 8.39. The fourth-order valence-electron chi connectivity index (χ4n) is 4.07. The molecule has 1 aromatic heterocycles. The maximum Gasteiger partial charge on any atom is 0.219 e. The van der Waals surface area contributed by atoms with Crippen LogP contribution in [-0.4, -0.2) is 28.2 Å². The van der Waals surface area contributed by atoms with Crippen molar-refractivity contribution in [2.45, 2.75) is 44.7 Å². The molecule has 0 radical (unpaired) electrons. The Balaban J connectivity index is 1.45. The van der Waals surface area contributed by atoms with Gasteiger partial charge in [-0.15, -0.1) is 0 Å². The molecule has 1 amide bonds. The minimum Gasteiger partial charge on any atom is -0.403 e. The summed E-state index contributed by atoms with van der Waals surface area (Å²) >= 11 is 0. The number of nitrogens with zero attached hydrogens (tertiary/aromatic N) is 1. The fourth-order valence-corrected chi connectivity index (χ4v) is 4.07. The molecule has 1 unspecified atom stereocenters. The number of hydrogen-bond donors (Lipinski definition) is 4. The zero-order chi connectivity index (χ0) is 20.2. The standard InChI is InChI=1S/C23H27N5O/c1-2-23(29)27-18-11-10-17(12-18)26-22(13-24)16-8-6-15(7-9-16)19-4-3-5-21-20(19)14-25-28-21/h3-9,13-14,17-18,26H,2,10-12,24H2,1H3,(H,25,28)(H,27,29)/b22-13-/t17-,18?/m1/s1. The van der Waals surface area contributed by atoms with Gasteiger partial charge in [-0.2, -0.15) is 5.10 Å². The summed E-state index contributed by atoms with van der Waals surface area (Å²) in [6.07, 6.45) is 6.95. The van der Waals surface area contributed by atoms with Gasteiger partial charge in [0.15, 0.2) is 0 Å². The molecule has 1 aliphatic rings. The monoisotopic (exact) mass is 389 g/mol. The van der Waals surface area contributed by atoms with Crippen molar-refractivity contribution in [3.63, 3.8) is 0 Å². The molecule has 0 spiro atoms. The second-order valence-corrected chi connectivity index (χ2v) is 7.57. The van der Waals surface area contributed by atoms with Crippen LogP contribution in [0.4, 0.5) is 0 Å². The van der Waals surface area contributed by atoms with Crippen molar-refractivity contribution >= 4 is 22.5 Å². The van der Waals surface area contributed by atoms with Crippen LogP contribution in [0.2, 0.25) is 0 Å². The van der Waals surface area contributed by atoms with Gasteiger partial charge in [0.05, 0.1) is 17.4 Å². The van der Waals surface area contributed by atoms with E-state index in [4.69, 9.17) is 5.73 Å². The average Bonchev–Trinajstić information content (AvgIpc) is 3.41. The van der Waals surface area contributed by atoms with Gasteiger partial charge < -0.3 is 16.4 Å². The molecular weight excluding hydrogens is 362 g/mol. The van der Waals surface area contributed by atoms with Gasteiger partial charge >= 0.3 is 0 Å². The molecule has 0 saturated heterocycles. The maximum absolute atomic E-state index is 11.6. The highest BCUT2D eigenvalue weighted by molar-refractivity contribution is 5.94. The van der Waals surface area contributed by atoms with Crippen LogP contribution in [0.15, 0.2) is 54.9 Å². The molecule has 1 heterocycles. The largest absolute Gasteiger partial charge is 0.403 e. The number of benzene rings is 2. The van der Waals surface area contributed by atoms with Crippen LogP contribution in [0, 0.1) is 0 Å². The summed E-state index contributed by atoms with van der Waals surface area (Å²) in [5.41, 5.74) is 11.2. The number of rotatable bonds is 6. The summed E-state index contributed by atoms with van der Waals surface area (Å²) in [4.78, 5) is 11.6. The number of carbonyl (C=O) groups excluding carboxylic acids is 1. The summed E-state index contributed by atoms with van der Waals surface area (Å²) in [5, 5.41) is 14.9. The topological polar surface area (TPSA) is 95.8 Å². The van der Waals surface area contributed by atoms with Crippen LogP contribution in [0.5, 0.6) is 0 Å². The number of nitrogens with two attached hydrogens (primary N) is 1. The molecule has 1 aliphatic carbocycles. The van der Waals surface area contributed by atoms with E-state index in [1.54, 1.807) is 6.20 Å². The van der Waals surface area contributed by atoms with Gasteiger partial charge in [0.2, 0.25) is 5.91 Å². The van der Waals surface area contributed by atoms with Gasteiger partial charge in [0.25, 0.3) is 0 Å². The fraction of sp³-hybridized carbons (Fsp3) is 0.304. The molecule has 29 heavy (non-hydrogen) atoms. The lowest BCUT2D eigenvalue weighted by Crippen LogP contribution is -2.34. The third kappa shape index (κ3) is 4.11. The number of H-pyrrole nitrogens is 1. The second-order valence-electron chi connectivity index (χ2n) is 7.57. The first-order chi connectivity index (χ1) is 14.2. The molecule has 6 heteroatoms. The average molecular weight is 390 g/mol. The number of nitrogens with one attached hydrogen (secondary N) is 3. The number of fused-ring (bicyclic) bond motifs is 1. The van der Waals surface area contributed by atoms with Crippen molar-refractivity contribution in [2.75, 3.05) is 0 Å². The summed E-state index contributed by atoms with van der Waals surface area (Å²) in [6, 6.07) is 15.1. The van der Waals surface area contributed by atoms with Crippen molar-refractivity contribution in [3.05, 3.63) is 60.4 Å². The molecule has 0 aliphatic heterocycles. The Bertz CT molecular complexity index is 1020. The molecule has 5 N–H and O–H groups in total.